The molecule has 0 bridgehead atoms. The molecule has 0 aromatic carbocycles. The maximum absolute atomic E-state index is 12.5. The number of amides is 1. The number of unbranched alkanes of at least 4 members (excludes halogenated alkanes) is 38. The maximum Gasteiger partial charge on any atom is 0.220 e. The lowest BCUT2D eigenvalue weighted by atomic mass is 10.0. The van der Waals surface area contributed by atoms with E-state index in [9.17, 15) is 15.0 Å². The first-order valence-corrected chi connectivity index (χ1v) is 32.5. The van der Waals surface area contributed by atoms with Gasteiger partial charge in [0.2, 0.25) is 5.91 Å². The van der Waals surface area contributed by atoms with E-state index in [-0.39, 0.29) is 12.5 Å². The average Bonchev–Trinajstić information content (AvgIpc) is 3.40. The highest BCUT2D eigenvalue weighted by Crippen LogP contribution is 2.18. The Labute approximate surface area is 462 Å². The van der Waals surface area contributed by atoms with Crippen LogP contribution in [0.15, 0.2) is 97.2 Å². The lowest BCUT2D eigenvalue weighted by molar-refractivity contribution is -0.123. The van der Waals surface area contributed by atoms with Crippen LogP contribution in [0.4, 0.5) is 0 Å². The number of carbonyl (C=O) groups is 1. The molecular weight excluding hydrogens is 903 g/mol. The molecule has 0 saturated heterocycles. The van der Waals surface area contributed by atoms with Gasteiger partial charge in [0, 0.05) is 6.42 Å². The van der Waals surface area contributed by atoms with Crippen LogP contribution < -0.4 is 5.32 Å². The number of aliphatic hydroxyl groups is 2. The lowest BCUT2D eigenvalue weighted by Gasteiger charge is -2.20. The van der Waals surface area contributed by atoms with Crippen LogP contribution in [0, 0.1) is 0 Å². The summed E-state index contributed by atoms with van der Waals surface area (Å²) < 4.78 is 0. The zero-order valence-corrected chi connectivity index (χ0v) is 49.3. The number of nitrogens with one attached hydrogen (secondary N) is 1. The van der Waals surface area contributed by atoms with Crippen molar-refractivity contribution in [3.05, 3.63) is 97.2 Å². The summed E-state index contributed by atoms with van der Waals surface area (Å²) >= 11 is 0. The van der Waals surface area contributed by atoms with Crippen LogP contribution in [0.1, 0.15) is 322 Å². The van der Waals surface area contributed by atoms with Crippen molar-refractivity contribution < 1.29 is 15.0 Å². The number of carbonyl (C=O) groups excluding carboxylic acids is 1. The molecule has 0 radical (unpaired) electrons. The van der Waals surface area contributed by atoms with E-state index in [0.717, 1.165) is 83.5 Å². The summed E-state index contributed by atoms with van der Waals surface area (Å²) in [5, 5.41) is 23.3. The van der Waals surface area contributed by atoms with E-state index >= 15 is 0 Å². The Kier molecular flexibility index (Phi) is 62.2. The molecule has 0 aliphatic heterocycles. The van der Waals surface area contributed by atoms with E-state index in [4.69, 9.17) is 0 Å². The van der Waals surface area contributed by atoms with Crippen molar-refractivity contribution in [2.75, 3.05) is 6.61 Å². The topological polar surface area (TPSA) is 69.6 Å². The zero-order valence-electron chi connectivity index (χ0n) is 49.3. The smallest absolute Gasteiger partial charge is 0.220 e. The van der Waals surface area contributed by atoms with E-state index in [1.807, 2.05) is 6.08 Å². The Morgan fingerprint density at radius 1 is 0.338 bits per heavy atom. The fraction of sp³-hybridized carbons (Fsp3) is 0.757. The standard InChI is InChI=1S/C70H125NO3/c1-3-5-7-9-11-13-15-17-19-21-23-25-27-29-31-33-34-35-36-38-39-41-43-45-47-49-51-53-55-57-59-61-63-65-69(73)68(67-72)71-70(74)66-64-62-60-58-56-54-52-50-48-46-44-42-40-37-32-30-28-26-24-22-20-18-16-14-12-10-8-6-4-2/h6,8,12,14,18,20,24,26,30,32,40,42,46,48,63,65,68-69,72-73H,3-5,7,9-11,13,15-17,19,21-23,25,27-29,31,33-39,41,43-45,47,49-62,64,66-67H2,1-2H3,(H,71,74)/b8-6-,14-12-,20-18-,26-24-,32-30-,42-40-,48-46-,65-63+. The third-order valence-electron chi connectivity index (χ3n) is 14.6. The molecule has 0 aromatic rings. The monoisotopic (exact) mass is 1030 g/mol. The van der Waals surface area contributed by atoms with Gasteiger partial charge in [-0.2, -0.15) is 0 Å². The van der Waals surface area contributed by atoms with E-state index in [0.29, 0.717) is 6.42 Å². The second-order valence-electron chi connectivity index (χ2n) is 21.8. The Balaban J connectivity index is 3.52. The highest BCUT2D eigenvalue weighted by molar-refractivity contribution is 5.76. The number of allylic oxidation sites excluding steroid dienone is 15. The van der Waals surface area contributed by atoms with Crippen molar-refractivity contribution in [2.24, 2.45) is 0 Å². The van der Waals surface area contributed by atoms with E-state index in [2.05, 4.69) is 104 Å². The van der Waals surface area contributed by atoms with Gasteiger partial charge in [0.1, 0.15) is 0 Å². The van der Waals surface area contributed by atoms with Crippen molar-refractivity contribution in [2.45, 2.75) is 334 Å². The minimum Gasteiger partial charge on any atom is -0.394 e. The molecule has 0 spiro atoms. The molecule has 0 rings (SSSR count). The molecule has 1 amide bonds. The van der Waals surface area contributed by atoms with Crippen molar-refractivity contribution in [1.29, 1.82) is 0 Å². The fourth-order valence-electron chi connectivity index (χ4n) is 9.69. The van der Waals surface area contributed by atoms with Gasteiger partial charge >= 0.3 is 0 Å². The maximum atomic E-state index is 12.5. The minimum absolute atomic E-state index is 0.0755. The molecule has 0 aromatic heterocycles. The predicted octanol–water partition coefficient (Wildman–Crippen LogP) is 22.0. The highest BCUT2D eigenvalue weighted by atomic mass is 16.3. The van der Waals surface area contributed by atoms with Crippen LogP contribution in [0.3, 0.4) is 0 Å². The van der Waals surface area contributed by atoms with E-state index in [1.54, 1.807) is 6.08 Å². The molecule has 0 saturated carbocycles. The number of hydrogen-bond donors (Lipinski definition) is 3. The van der Waals surface area contributed by atoms with Crippen molar-refractivity contribution in [3.63, 3.8) is 0 Å². The molecule has 4 nitrogen and oxygen atoms in total. The minimum atomic E-state index is -0.853. The fourth-order valence-corrected chi connectivity index (χ4v) is 9.69. The molecule has 0 aliphatic rings. The van der Waals surface area contributed by atoms with Gasteiger partial charge in [0.05, 0.1) is 18.8 Å². The van der Waals surface area contributed by atoms with Gasteiger partial charge in [-0.15, -0.1) is 0 Å². The first-order valence-electron chi connectivity index (χ1n) is 32.5. The van der Waals surface area contributed by atoms with Crippen LogP contribution in [0.2, 0.25) is 0 Å². The summed E-state index contributed by atoms with van der Waals surface area (Å²) in [7, 11) is 0. The third-order valence-corrected chi connectivity index (χ3v) is 14.6. The Morgan fingerprint density at radius 2 is 0.595 bits per heavy atom. The van der Waals surface area contributed by atoms with Crippen LogP contribution in [0.5, 0.6) is 0 Å². The molecule has 0 fully saturated rings. The number of rotatable bonds is 59. The molecule has 0 aliphatic carbocycles. The summed E-state index contributed by atoms with van der Waals surface area (Å²) in [6, 6.07) is -0.637. The van der Waals surface area contributed by atoms with Gasteiger partial charge in [-0.3, -0.25) is 4.79 Å². The van der Waals surface area contributed by atoms with Crippen molar-refractivity contribution >= 4 is 5.91 Å². The van der Waals surface area contributed by atoms with Gasteiger partial charge < -0.3 is 15.5 Å². The summed E-state index contributed by atoms with van der Waals surface area (Å²) in [6.07, 6.45) is 96.1. The summed E-state index contributed by atoms with van der Waals surface area (Å²) in [5.41, 5.74) is 0. The zero-order chi connectivity index (χ0) is 53.4. The Bertz CT molecular complexity index is 1350. The molecule has 74 heavy (non-hydrogen) atoms. The molecule has 2 atom stereocenters. The summed E-state index contributed by atoms with van der Waals surface area (Å²) in [6.45, 7) is 4.21. The lowest BCUT2D eigenvalue weighted by Crippen LogP contribution is -2.45. The second kappa shape index (κ2) is 64.6. The van der Waals surface area contributed by atoms with Crippen LogP contribution in [-0.2, 0) is 4.79 Å². The summed E-state index contributed by atoms with van der Waals surface area (Å²) in [4.78, 5) is 12.5. The van der Waals surface area contributed by atoms with Crippen LogP contribution in [0.25, 0.3) is 0 Å². The molecule has 3 N–H and O–H groups in total. The van der Waals surface area contributed by atoms with E-state index in [1.165, 1.54) is 218 Å². The predicted molar refractivity (Wildman–Crippen MR) is 331 cm³/mol. The number of hydrogen-bond acceptors (Lipinski definition) is 3. The largest absolute Gasteiger partial charge is 0.394 e. The Hall–Kier alpha value is -2.69. The second-order valence-corrected chi connectivity index (χ2v) is 21.8. The van der Waals surface area contributed by atoms with Gasteiger partial charge in [-0.25, -0.2) is 0 Å². The Morgan fingerprint density at radius 3 is 0.892 bits per heavy atom. The molecular formula is C70H125NO3. The van der Waals surface area contributed by atoms with Crippen molar-refractivity contribution in [3.8, 4) is 0 Å². The quantitative estimate of drug-likeness (QED) is 0.0420. The highest BCUT2D eigenvalue weighted by Gasteiger charge is 2.18. The summed E-state index contributed by atoms with van der Waals surface area (Å²) in [5.74, 6) is -0.0755. The first-order chi connectivity index (χ1) is 36.7. The third kappa shape index (κ3) is 60.2. The normalized spacial score (nSPS) is 13.4. The van der Waals surface area contributed by atoms with Crippen LogP contribution in [-0.4, -0.2) is 34.9 Å². The van der Waals surface area contributed by atoms with Gasteiger partial charge in [-0.1, -0.05) is 336 Å². The van der Waals surface area contributed by atoms with Gasteiger partial charge in [0.15, 0.2) is 0 Å². The van der Waals surface area contributed by atoms with Crippen LogP contribution >= 0.6 is 0 Å². The van der Waals surface area contributed by atoms with Gasteiger partial charge in [-0.05, 0) is 77.0 Å². The number of aliphatic hydroxyl groups excluding tert-OH is 2. The first kappa shape index (κ1) is 71.3. The molecule has 428 valence electrons. The average molecular weight is 1030 g/mol. The van der Waals surface area contributed by atoms with Crippen molar-refractivity contribution in [1.82, 2.24) is 5.32 Å². The van der Waals surface area contributed by atoms with Gasteiger partial charge in [0.25, 0.3) is 0 Å². The SMILES string of the molecule is CC/C=C\C/C=C\C/C=C\C/C=C\C/C=C\C/C=C\C/C=C\CCCCCCCCCC(=O)NC(CO)C(O)/C=C/CCCCCCCCCCCCCCCCCCCCCCCCCCCCCCCCC. The molecule has 4 heteroatoms. The molecule has 2 unspecified atom stereocenters. The molecule has 0 heterocycles. The van der Waals surface area contributed by atoms with E-state index < -0.39 is 12.1 Å².